The average Bonchev–Trinajstić information content (AvgIpc) is 2.40. The molecule has 0 aliphatic carbocycles. The van der Waals surface area contributed by atoms with Crippen LogP contribution in [-0.2, 0) is 12.8 Å². The summed E-state index contributed by atoms with van der Waals surface area (Å²) in [5, 5.41) is 0. The van der Waals surface area contributed by atoms with E-state index in [9.17, 15) is 0 Å². The Hall–Kier alpha value is -1.70. The van der Waals surface area contributed by atoms with E-state index in [0.29, 0.717) is 0 Å². The lowest BCUT2D eigenvalue weighted by molar-refractivity contribution is 0.874. The van der Waals surface area contributed by atoms with Crippen LogP contribution in [0.1, 0.15) is 49.5 Å². The Bertz CT molecular complexity index is 459. The first-order valence-corrected chi connectivity index (χ1v) is 7.50. The molecule has 0 bridgehead atoms. The van der Waals surface area contributed by atoms with E-state index in [-0.39, 0.29) is 0 Å². The third kappa shape index (κ3) is 6.46. The van der Waals surface area contributed by atoms with Crippen molar-refractivity contribution in [1.82, 2.24) is 9.97 Å². The van der Waals surface area contributed by atoms with Crippen LogP contribution in [0.25, 0.3) is 0 Å². The van der Waals surface area contributed by atoms with Crippen molar-refractivity contribution < 1.29 is 0 Å². The molecule has 0 amide bonds. The number of nitrogens with zero attached hydrogens (tertiary/aromatic N) is 2. The van der Waals surface area contributed by atoms with E-state index in [1.807, 2.05) is 26.0 Å². The zero-order valence-corrected chi connectivity index (χ0v) is 13.2. The van der Waals surface area contributed by atoms with Crippen molar-refractivity contribution in [3.05, 3.63) is 59.2 Å². The standard InChI is InChI=1S/2C9H13N/c2*1-3-5-9-7-4-6-8(2)10-9/h2*4,6-7H,3,5H2,1-2H3. The van der Waals surface area contributed by atoms with Crippen LogP contribution in [0.4, 0.5) is 0 Å². The lowest BCUT2D eigenvalue weighted by Gasteiger charge is -1.97. The highest BCUT2D eigenvalue weighted by Crippen LogP contribution is 2.01. The predicted molar refractivity (Wildman–Crippen MR) is 85.9 cm³/mol. The van der Waals surface area contributed by atoms with E-state index in [4.69, 9.17) is 0 Å². The van der Waals surface area contributed by atoms with Crippen molar-refractivity contribution >= 4 is 0 Å². The zero-order valence-electron chi connectivity index (χ0n) is 13.2. The first kappa shape index (κ1) is 16.4. The molecule has 0 aliphatic rings. The third-order valence-corrected chi connectivity index (χ3v) is 2.90. The minimum atomic E-state index is 1.10. The lowest BCUT2D eigenvalue weighted by atomic mass is 10.2. The van der Waals surface area contributed by atoms with E-state index >= 15 is 0 Å². The van der Waals surface area contributed by atoms with E-state index in [0.717, 1.165) is 24.2 Å². The summed E-state index contributed by atoms with van der Waals surface area (Å²) in [6, 6.07) is 12.3. The molecule has 0 aliphatic heterocycles. The summed E-state index contributed by atoms with van der Waals surface area (Å²) in [4.78, 5) is 8.73. The average molecular weight is 270 g/mol. The Balaban J connectivity index is 0.000000200. The van der Waals surface area contributed by atoms with Crippen molar-refractivity contribution in [3.8, 4) is 0 Å². The molecular weight excluding hydrogens is 244 g/mol. The van der Waals surface area contributed by atoms with Crippen molar-refractivity contribution in [3.63, 3.8) is 0 Å². The summed E-state index contributed by atoms with van der Waals surface area (Å²) in [5.74, 6) is 0. The molecule has 0 saturated carbocycles. The van der Waals surface area contributed by atoms with Gasteiger partial charge in [-0.05, 0) is 51.0 Å². The summed E-state index contributed by atoms with van der Waals surface area (Å²) in [6.45, 7) is 8.40. The molecule has 2 rings (SSSR count). The summed E-state index contributed by atoms with van der Waals surface area (Å²) in [5.41, 5.74) is 4.65. The molecule has 20 heavy (non-hydrogen) atoms. The number of rotatable bonds is 4. The predicted octanol–water partition coefficient (Wildman–Crippen LogP) is 4.69. The van der Waals surface area contributed by atoms with Crippen LogP contribution in [0.2, 0.25) is 0 Å². The molecule has 0 atom stereocenters. The number of aryl methyl sites for hydroxylation is 4. The SMILES string of the molecule is CCCc1cccc(C)n1.CCCc1cccc(C)n1. The molecule has 2 aromatic rings. The molecule has 2 heteroatoms. The summed E-state index contributed by atoms with van der Waals surface area (Å²) in [7, 11) is 0. The normalized spacial score (nSPS) is 9.80. The Morgan fingerprint density at radius 1 is 0.700 bits per heavy atom. The van der Waals surface area contributed by atoms with Crippen LogP contribution in [-0.4, -0.2) is 9.97 Å². The highest BCUT2D eigenvalue weighted by molar-refractivity contribution is 5.10. The quantitative estimate of drug-likeness (QED) is 0.805. The maximum Gasteiger partial charge on any atom is 0.0406 e. The van der Waals surface area contributed by atoms with Gasteiger partial charge in [0.1, 0.15) is 0 Å². The van der Waals surface area contributed by atoms with Crippen LogP contribution < -0.4 is 0 Å². The summed E-state index contributed by atoms with van der Waals surface area (Å²) in [6.07, 6.45) is 4.55. The first-order valence-electron chi connectivity index (χ1n) is 7.50. The molecule has 0 fully saturated rings. The van der Waals surface area contributed by atoms with Gasteiger partial charge in [-0.3, -0.25) is 9.97 Å². The maximum absolute atomic E-state index is 4.36. The van der Waals surface area contributed by atoms with Gasteiger partial charge in [-0.2, -0.15) is 0 Å². The second kappa shape index (κ2) is 9.24. The maximum atomic E-state index is 4.36. The van der Waals surface area contributed by atoms with Gasteiger partial charge in [0.15, 0.2) is 0 Å². The minimum Gasteiger partial charge on any atom is -0.258 e. The second-order valence-electron chi connectivity index (χ2n) is 5.04. The lowest BCUT2D eigenvalue weighted by Crippen LogP contribution is -1.89. The second-order valence-corrected chi connectivity index (χ2v) is 5.04. The van der Waals surface area contributed by atoms with Gasteiger partial charge in [0.25, 0.3) is 0 Å². The first-order chi connectivity index (χ1) is 9.65. The smallest absolute Gasteiger partial charge is 0.0406 e. The van der Waals surface area contributed by atoms with Gasteiger partial charge < -0.3 is 0 Å². The number of hydrogen-bond acceptors (Lipinski definition) is 2. The van der Waals surface area contributed by atoms with E-state index in [1.54, 1.807) is 0 Å². The van der Waals surface area contributed by atoms with Gasteiger partial charge in [0.05, 0.1) is 0 Å². The molecule has 0 unspecified atom stereocenters. The highest BCUT2D eigenvalue weighted by atomic mass is 14.7. The molecule has 2 nitrogen and oxygen atoms in total. The molecule has 2 heterocycles. The number of pyridine rings is 2. The highest BCUT2D eigenvalue weighted by Gasteiger charge is 1.91. The van der Waals surface area contributed by atoms with Crippen molar-refractivity contribution in [2.45, 2.75) is 53.4 Å². The van der Waals surface area contributed by atoms with Crippen molar-refractivity contribution in [2.24, 2.45) is 0 Å². The van der Waals surface area contributed by atoms with Gasteiger partial charge in [-0.15, -0.1) is 0 Å². The van der Waals surface area contributed by atoms with Crippen LogP contribution in [0.15, 0.2) is 36.4 Å². The minimum absolute atomic E-state index is 1.10. The fourth-order valence-corrected chi connectivity index (χ4v) is 1.99. The summed E-state index contributed by atoms with van der Waals surface area (Å²) >= 11 is 0. The molecular formula is C18H26N2. The molecule has 0 saturated heterocycles. The Kier molecular flexibility index (Phi) is 7.56. The van der Waals surface area contributed by atoms with Gasteiger partial charge in [0, 0.05) is 22.8 Å². The number of hydrogen-bond donors (Lipinski definition) is 0. The fourth-order valence-electron chi connectivity index (χ4n) is 1.99. The van der Waals surface area contributed by atoms with Crippen molar-refractivity contribution in [1.29, 1.82) is 0 Å². The van der Waals surface area contributed by atoms with Gasteiger partial charge in [0.2, 0.25) is 0 Å². The van der Waals surface area contributed by atoms with E-state index in [1.165, 1.54) is 24.2 Å². The third-order valence-electron chi connectivity index (χ3n) is 2.90. The summed E-state index contributed by atoms with van der Waals surface area (Å²) < 4.78 is 0. The largest absolute Gasteiger partial charge is 0.258 e. The van der Waals surface area contributed by atoms with Gasteiger partial charge >= 0.3 is 0 Å². The molecule has 0 aromatic carbocycles. The van der Waals surface area contributed by atoms with Gasteiger partial charge in [-0.1, -0.05) is 38.8 Å². The van der Waals surface area contributed by atoms with Crippen LogP contribution in [0.3, 0.4) is 0 Å². The Morgan fingerprint density at radius 3 is 1.40 bits per heavy atom. The van der Waals surface area contributed by atoms with Crippen LogP contribution in [0.5, 0.6) is 0 Å². The van der Waals surface area contributed by atoms with Crippen LogP contribution >= 0.6 is 0 Å². The van der Waals surface area contributed by atoms with E-state index in [2.05, 4.69) is 48.1 Å². The monoisotopic (exact) mass is 270 g/mol. The number of aromatic nitrogens is 2. The molecule has 0 N–H and O–H groups in total. The van der Waals surface area contributed by atoms with Gasteiger partial charge in [-0.25, -0.2) is 0 Å². The fraction of sp³-hybridized carbons (Fsp3) is 0.444. The Labute approximate surface area is 123 Å². The van der Waals surface area contributed by atoms with Crippen molar-refractivity contribution in [2.75, 3.05) is 0 Å². The molecule has 2 aromatic heterocycles. The van der Waals surface area contributed by atoms with E-state index < -0.39 is 0 Å². The Morgan fingerprint density at radius 2 is 1.10 bits per heavy atom. The molecule has 0 radical (unpaired) electrons. The topological polar surface area (TPSA) is 25.8 Å². The molecule has 0 spiro atoms. The zero-order chi connectivity index (χ0) is 14.8. The van der Waals surface area contributed by atoms with Crippen LogP contribution in [0, 0.1) is 13.8 Å². The molecule has 108 valence electrons.